The highest BCUT2D eigenvalue weighted by Crippen LogP contribution is 2.18. The molecule has 0 aliphatic heterocycles. The first kappa shape index (κ1) is 14.3. The maximum Gasteiger partial charge on any atom is 0.0716 e. The average molecular weight is 367 g/mol. The van der Waals surface area contributed by atoms with Crippen molar-refractivity contribution < 1.29 is 4.74 Å². The van der Waals surface area contributed by atoms with E-state index in [-0.39, 0.29) is 0 Å². The Morgan fingerprint density at radius 3 is 2.53 bits per heavy atom. The Morgan fingerprint density at radius 2 is 1.84 bits per heavy atom. The smallest absolute Gasteiger partial charge is 0.0716 e. The van der Waals surface area contributed by atoms with Crippen molar-refractivity contribution in [3.8, 4) is 0 Å². The Labute approximate surface area is 128 Å². The van der Waals surface area contributed by atoms with Crippen LogP contribution in [0.4, 0.5) is 5.69 Å². The highest BCUT2D eigenvalue weighted by molar-refractivity contribution is 14.1. The van der Waals surface area contributed by atoms with Crippen LogP contribution in [0.3, 0.4) is 0 Å². The van der Waals surface area contributed by atoms with Crippen molar-refractivity contribution in [2.24, 2.45) is 0 Å². The molecule has 0 fully saturated rings. The van der Waals surface area contributed by atoms with Gasteiger partial charge in [-0.1, -0.05) is 30.3 Å². The van der Waals surface area contributed by atoms with Crippen LogP contribution in [0.2, 0.25) is 0 Å². The maximum atomic E-state index is 5.23. The van der Waals surface area contributed by atoms with Crippen molar-refractivity contribution in [2.75, 3.05) is 12.4 Å². The van der Waals surface area contributed by atoms with Crippen molar-refractivity contribution >= 4 is 28.3 Å². The fourth-order valence-electron chi connectivity index (χ4n) is 1.93. The van der Waals surface area contributed by atoms with Crippen LogP contribution < -0.4 is 5.32 Å². The van der Waals surface area contributed by atoms with Crippen LogP contribution in [0.5, 0.6) is 0 Å². The van der Waals surface area contributed by atoms with Gasteiger partial charge in [-0.05, 0) is 58.3 Å². The van der Waals surface area contributed by atoms with E-state index in [1.54, 1.807) is 7.11 Å². The molecule has 0 amide bonds. The topological polar surface area (TPSA) is 21.3 Å². The van der Waals surface area contributed by atoms with Crippen molar-refractivity contribution in [3.63, 3.8) is 0 Å². The third kappa shape index (κ3) is 3.94. The zero-order valence-corrected chi connectivity index (χ0v) is 13.4. The Balaban J connectivity index is 2.07. The van der Waals surface area contributed by atoms with Gasteiger partial charge in [0.15, 0.2) is 0 Å². The molecule has 2 rings (SSSR count). The van der Waals surface area contributed by atoms with E-state index in [9.17, 15) is 0 Å². The van der Waals surface area contributed by atoms with Gasteiger partial charge in [-0.2, -0.15) is 0 Å². The molecule has 2 aromatic rings. The predicted molar refractivity (Wildman–Crippen MR) is 88.4 cm³/mol. The lowest BCUT2D eigenvalue weighted by molar-refractivity contribution is 0.184. The van der Waals surface area contributed by atoms with Gasteiger partial charge in [0.2, 0.25) is 0 Å². The highest BCUT2D eigenvalue weighted by atomic mass is 127. The molecule has 2 nitrogen and oxygen atoms in total. The lowest BCUT2D eigenvalue weighted by atomic mass is 10.1. The van der Waals surface area contributed by atoms with E-state index in [1.807, 2.05) is 6.07 Å². The van der Waals surface area contributed by atoms with Gasteiger partial charge in [0, 0.05) is 22.9 Å². The second-order valence-corrected chi connectivity index (χ2v) is 5.68. The number of ether oxygens (including phenoxy) is 1. The monoisotopic (exact) mass is 367 g/mol. The minimum absolute atomic E-state index is 0.656. The molecule has 19 heavy (non-hydrogen) atoms. The van der Waals surface area contributed by atoms with E-state index in [1.165, 1.54) is 20.3 Å². The number of halogens is 1. The molecule has 0 aliphatic rings. The summed E-state index contributed by atoms with van der Waals surface area (Å²) in [6.45, 7) is 3.60. The number of rotatable bonds is 5. The van der Waals surface area contributed by atoms with Crippen LogP contribution in [0.15, 0.2) is 42.5 Å². The molecule has 2 aromatic carbocycles. The Bertz CT molecular complexity index is 554. The molecule has 0 heterocycles. The zero-order chi connectivity index (χ0) is 13.7. The van der Waals surface area contributed by atoms with Gasteiger partial charge in [-0.3, -0.25) is 0 Å². The van der Waals surface area contributed by atoms with E-state index < -0.39 is 0 Å². The fraction of sp³-hybridized carbons (Fsp3) is 0.250. The van der Waals surface area contributed by atoms with Gasteiger partial charge in [0.05, 0.1) is 6.61 Å². The molecule has 0 saturated carbocycles. The summed E-state index contributed by atoms with van der Waals surface area (Å²) in [5, 5.41) is 3.47. The van der Waals surface area contributed by atoms with Crippen LogP contribution in [0.25, 0.3) is 0 Å². The van der Waals surface area contributed by atoms with E-state index >= 15 is 0 Å². The van der Waals surface area contributed by atoms with Crippen molar-refractivity contribution in [1.29, 1.82) is 0 Å². The first-order valence-electron chi connectivity index (χ1n) is 6.26. The van der Waals surface area contributed by atoms with Gasteiger partial charge >= 0.3 is 0 Å². The van der Waals surface area contributed by atoms with E-state index in [4.69, 9.17) is 4.74 Å². The number of aryl methyl sites for hydroxylation is 1. The van der Waals surface area contributed by atoms with Gasteiger partial charge in [0.1, 0.15) is 0 Å². The predicted octanol–water partition coefficient (Wildman–Crippen LogP) is 4.36. The van der Waals surface area contributed by atoms with Crippen LogP contribution in [0, 0.1) is 10.5 Å². The molecular formula is C16H18INO. The Kier molecular flexibility index (Phi) is 5.22. The fourth-order valence-corrected chi connectivity index (χ4v) is 2.44. The second kappa shape index (κ2) is 6.91. The van der Waals surface area contributed by atoms with E-state index in [2.05, 4.69) is 71.2 Å². The van der Waals surface area contributed by atoms with Crippen LogP contribution in [-0.2, 0) is 17.9 Å². The molecule has 0 unspecified atom stereocenters. The third-order valence-electron chi connectivity index (χ3n) is 3.07. The molecule has 0 bridgehead atoms. The van der Waals surface area contributed by atoms with Gasteiger partial charge < -0.3 is 10.1 Å². The molecular weight excluding hydrogens is 349 g/mol. The van der Waals surface area contributed by atoms with Crippen molar-refractivity contribution in [3.05, 3.63) is 62.7 Å². The number of benzene rings is 2. The molecule has 0 saturated heterocycles. The minimum atomic E-state index is 0.656. The van der Waals surface area contributed by atoms with E-state index in [0.29, 0.717) is 6.61 Å². The van der Waals surface area contributed by atoms with Gasteiger partial charge in [0.25, 0.3) is 0 Å². The number of methoxy groups -OCH3 is 1. The van der Waals surface area contributed by atoms with Crippen LogP contribution in [-0.4, -0.2) is 7.11 Å². The minimum Gasteiger partial charge on any atom is -0.381 e. The number of hydrogen-bond acceptors (Lipinski definition) is 2. The summed E-state index contributed by atoms with van der Waals surface area (Å²) in [5.41, 5.74) is 4.98. The first-order valence-corrected chi connectivity index (χ1v) is 7.34. The summed E-state index contributed by atoms with van der Waals surface area (Å²) in [6.07, 6.45) is 0. The summed E-state index contributed by atoms with van der Waals surface area (Å²) in [6, 6.07) is 14.8. The molecule has 0 aliphatic carbocycles. The summed E-state index contributed by atoms with van der Waals surface area (Å²) in [4.78, 5) is 0. The quantitative estimate of drug-likeness (QED) is 0.793. The molecule has 0 atom stereocenters. The van der Waals surface area contributed by atoms with Gasteiger partial charge in [-0.25, -0.2) is 0 Å². The largest absolute Gasteiger partial charge is 0.381 e. The normalized spacial score (nSPS) is 10.5. The summed E-state index contributed by atoms with van der Waals surface area (Å²) in [7, 11) is 1.73. The highest BCUT2D eigenvalue weighted by Gasteiger charge is 2.02. The second-order valence-electron chi connectivity index (χ2n) is 4.52. The first-order chi connectivity index (χ1) is 9.20. The summed E-state index contributed by atoms with van der Waals surface area (Å²) >= 11 is 2.36. The summed E-state index contributed by atoms with van der Waals surface area (Å²) < 4.78 is 6.51. The Morgan fingerprint density at radius 1 is 1.11 bits per heavy atom. The van der Waals surface area contributed by atoms with E-state index in [0.717, 1.165) is 12.2 Å². The lowest BCUT2D eigenvalue weighted by Crippen LogP contribution is -2.04. The van der Waals surface area contributed by atoms with Crippen LogP contribution in [0.1, 0.15) is 16.7 Å². The Hall–Kier alpha value is -1.07. The zero-order valence-electron chi connectivity index (χ0n) is 11.2. The molecule has 0 spiro atoms. The molecule has 100 valence electrons. The van der Waals surface area contributed by atoms with Crippen molar-refractivity contribution in [2.45, 2.75) is 20.1 Å². The molecule has 3 heteroatoms. The van der Waals surface area contributed by atoms with Gasteiger partial charge in [-0.15, -0.1) is 0 Å². The average Bonchev–Trinajstić information content (AvgIpc) is 2.42. The number of hydrogen-bond donors (Lipinski definition) is 1. The van der Waals surface area contributed by atoms with Crippen molar-refractivity contribution in [1.82, 2.24) is 0 Å². The van der Waals surface area contributed by atoms with Crippen LogP contribution >= 0.6 is 22.6 Å². The standard InChI is InChI=1S/C16H18INO/c1-12-7-8-15(9-16(12)17)18-10-13-5-3-4-6-14(13)11-19-2/h3-9,18H,10-11H2,1-2H3. The summed E-state index contributed by atoms with van der Waals surface area (Å²) in [5.74, 6) is 0. The molecule has 1 N–H and O–H groups in total. The molecule has 0 radical (unpaired) electrons. The molecule has 0 aromatic heterocycles. The number of nitrogens with one attached hydrogen (secondary N) is 1. The number of anilines is 1. The lowest BCUT2D eigenvalue weighted by Gasteiger charge is -2.11. The third-order valence-corrected chi connectivity index (χ3v) is 4.24. The SMILES string of the molecule is COCc1ccccc1CNc1ccc(C)c(I)c1. The maximum absolute atomic E-state index is 5.23.